The molecule has 2 aromatic rings. The van der Waals surface area contributed by atoms with Crippen molar-refractivity contribution in [1.82, 2.24) is 15.0 Å². The fraction of sp³-hybridized carbons (Fsp3) is 0.182. The van der Waals surface area contributed by atoms with Crippen LogP contribution in [0.4, 0.5) is 0 Å². The molecule has 2 heterocycles. The van der Waals surface area contributed by atoms with Crippen molar-refractivity contribution >= 4 is 0 Å². The van der Waals surface area contributed by atoms with Gasteiger partial charge in [-0.1, -0.05) is 6.07 Å². The zero-order valence-electron chi connectivity index (χ0n) is 8.84. The fourth-order valence-electron chi connectivity index (χ4n) is 1.34. The monoisotopic (exact) mass is 216 g/mol. The molecule has 0 amide bonds. The van der Waals surface area contributed by atoms with Crippen LogP contribution < -0.4 is 11.3 Å². The Morgan fingerprint density at radius 1 is 1.38 bits per heavy atom. The van der Waals surface area contributed by atoms with Gasteiger partial charge in [0.1, 0.15) is 5.82 Å². The van der Waals surface area contributed by atoms with Crippen LogP contribution in [-0.2, 0) is 0 Å². The average Bonchev–Trinajstić information content (AvgIpc) is 2.30. The third kappa shape index (κ3) is 1.99. The first kappa shape index (κ1) is 10.5. The smallest absolute Gasteiger partial charge is 0.260 e. The summed E-state index contributed by atoms with van der Waals surface area (Å²) in [6, 6.07) is 5.09. The quantitative estimate of drug-likeness (QED) is 0.779. The molecule has 0 aliphatic heterocycles. The van der Waals surface area contributed by atoms with Crippen molar-refractivity contribution < 1.29 is 0 Å². The Balaban J connectivity index is 2.49. The lowest BCUT2D eigenvalue weighted by Crippen LogP contribution is -2.18. The number of aromatic amines is 1. The summed E-state index contributed by atoms with van der Waals surface area (Å²) in [6.45, 7) is 1.76. The summed E-state index contributed by atoms with van der Waals surface area (Å²) in [5.74, 6) is 0.477. The summed E-state index contributed by atoms with van der Waals surface area (Å²) in [6.07, 6.45) is 3.13. The Hall–Kier alpha value is -2.01. The first-order valence-electron chi connectivity index (χ1n) is 4.94. The molecule has 5 heteroatoms. The first-order chi connectivity index (χ1) is 7.68. The van der Waals surface area contributed by atoms with Gasteiger partial charge < -0.3 is 10.7 Å². The predicted molar refractivity (Wildman–Crippen MR) is 60.7 cm³/mol. The summed E-state index contributed by atoms with van der Waals surface area (Å²) >= 11 is 0. The van der Waals surface area contributed by atoms with E-state index in [1.54, 1.807) is 25.3 Å². The highest BCUT2D eigenvalue weighted by atomic mass is 16.1. The summed E-state index contributed by atoms with van der Waals surface area (Å²) in [5, 5.41) is 0. The summed E-state index contributed by atoms with van der Waals surface area (Å²) in [5.41, 5.74) is 6.46. The second kappa shape index (κ2) is 4.24. The Kier molecular flexibility index (Phi) is 2.78. The van der Waals surface area contributed by atoms with Crippen LogP contribution in [0.25, 0.3) is 11.3 Å². The maximum Gasteiger partial charge on any atom is 0.260 e. The van der Waals surface area contributed by atoms with Gasteiger partial charge in [0.2, 0.25) is 0 Å². The predicted octanol–water partition coefficient (Wildman–Crippen LogP) is 0.852. The molecule has 0 aliphatic carbocycles. The summed E-state index contributed by atoms with van der Waals surface area (Å²) in [4.78, 5) is 22.6. The van der Waals surface area contributed by atoms with Gasteiger partial charge in [0.15, 0.2) is 0 Å². The highest BCUT2D eigenvalue weighted by Gasteiger charge is 2.07. The molecule has 0 radical (unpaired) electrons. The molecule has 0 spiro atoms. The van der Waals surface area contributed by atoms with E-state index in [2.05, 4.69) is 15.0 Å². The lowest BCUT2D eigenvalue weighted by Gasteiger charge is -2.04. The third-order valence-electron chi connectivity index (χ3n) is 2.19. The molecule has 1 unspecified atom stereocenters. The second-order valence-electron chi connectivity index (χ2n) is 3.51. The standard InChI is InChI=1S/C11H12N4O/c1-7(12)10-14-6-8(11(16)15-10)9-4-2-3-5-13-9/h2-7H,12H2,1H3,(H,14,15,16). The van der Waals surface area contributed by atoms with Crippen molar-refractivity contribution in [3.8, 4) is 11.3 Å². The average molecular weight is 216 g/mol. The largest absolute Gasteiger partial charge is 0.322 e. The third-order valence-corrected chi connectivity index (χ3v) is 2.19. The van der Waals surface area contributed by atoms with Gasteiger partial charge in [-0.25, -0.2) is 4.98 Å². The van der Waals surface area contributed by atoms with E-state index in [4.69, 9.17) is 5.73 Å². The van der Waals surface area contributed by atoms with E-state index in [0.29, 0.717) is 17.1 Å². The molecule has 0 aromatic carbocycles. The molecular formula is C11H12N4O. The number of rotatable bonds is 2. The van der Waals surface area contributed by atoms with Crippen LogP contribution in [-0.4, -0.2) is 15.0 Å². The molecule has 3 N–H and O–H groups in total. The number of nitrogens with zero attached hydrogens (tertiary/aromatic N) is 2. The Morgan fingerprint density at radius 3 is 2.75 bits per heavy atom. The molecule has 0 saturated heterocycles. The minimum atomic E-state index is -0.287. The molecule has 5 nitrogen and oxygen atoms in total. The van der Waals surface area contributed by atoms with Crippen molar-refractivity contribution in [2.45, 2.75) is 13.0 Å². The van der Waals surface area contributed by atoms with Crippen LogP contribution in [0.2, 0.25) is 0 Å². The molecule has 82 valence electrons. The lowest BCUT2D eigenvalue weighted by molar-refractivity contribution is 0.733. The minimum Gasteiger partial charge on any atom is -0.322 e. The van der Waals surface area contributed by atoms with Gasteiger partial charge in [-0.15, -0.1) is 0 Å². The van der Waals surface area contributed by atoms with Crippen LogP contribution in [0, 0.1) is 0 Å². The summed E-state index contributed by atoms with van der Waals surface area (Å²) < 4.78 is 0. The number of pyridine rings is 1. The fourth-order valence-corrected chi connectivity index (χ4v) is 1.34. The number of hydrogen-bond acceptors (Lipinski definition) is 4. The van der Waals surface area contributed by atoms with Crippen LogP contribution in [0.1, 0.15) is 18.8 Å². The van der Waals surface area contributed by atoms with Gasteiger partial charge in [-0.3, -0.25) is 9.78 Å². The lowest BCUT2D eigenvalue weighted by atomic mass is 10.2. The van der Waals surface area contributed by atoms with E-state index in [1.165, 1.54) is 6.20 Å². The van der Waals surface area contributed by atoms with Crippen LogP contribution in [0.5, 0.6) is 0 Å². The first-order valence-corrected chi connectivity index (χ1v) is 4.94. The van der Waals surface area contributed by atoms with Gasteiger partial charge in [-0.05, 0) is 19.1 Å². The minimum absolute atomic E-state index is 0.221. The van der Waals surface area contributed by atoms with Crippen LogP contribution in [0.15, 0.2) is 35.4 Å². The molecular weight excluding hydrogens is 204 g/mol. The van der Waals surface area contributed by atoms with E-state index in [-0.39, 0.29) is 11.6 Å². The molecule has 0 bridgehead atoms. The van der Waals surface area contributed by atoms with E-state index < -0.39 is 0 Å². The van der Waals surface area contributed by atoms with Crippen LogP contribution >= 0.6 is 0 Å². The number of hydrogen-bond donors (Lipinski definition) is 2. The molecule has 0 saturated carbocycles. The van der Waals surface area contributed by atoms with Gasteiger partial charge in [0, 0.05) is 12.4 Å². The SMILES string of the molecule is CC(N)c1ncc(-c2ccccn2)c(=O)[nH]1. The topological polar surface area (TPSA) is 84.7 Å². The van der Waals surface area contributed by atoms with Crippen molar-refractivity contribution in [2.75, 3.05) is 0 Å². The molecule has 1 atom stereocenters. The van der Waals surface area contributed by atoms with E-state index in [9.17, 15) is 4.79 Å². The highest BCUT2D eigenvalue weighted by Crippen LogP contribution is 2.10. The van der Waals surface area contributed by atoms with E-state index >= 15 is 0 Å². The number of H-pyrrole nitrogens is 1. The van der Waals surface area contributed by atoms with E-state index in [0.717, 1.165) is 0 Å². The zero-order chi connectivity index (χ0) is 11.5. The summed E-state index contributed by atoms with van der Waals surface area (Å²) in [7, 11) is 0. The molecule has 2 aromatic heterocycles. The van der Waals surface area contributed by atoms with Crippen molar-refractivity contribution in [3.63, 3.8) is 0 Å². The van der Waals surface area contributed by atoms with Gasteiger partial charge in [0.05, 0.1) is 17.3 Å². The van der Waals surface area contributed by atoms with Gasteiger partial charge in [-0.2, -0.15) is 0 Å². The Morgan fingerprint density at radius 2 is 2.19 bits per heavy atom. The normalized spacial score (nSPS) is 12.4. The van der Waals surface area contributed by atoms with Crippen molar-refractivity contribution in [1.29, 1.82) is 0 Å². The number of nitrogens with two attached hydrogens (primary N) is 1. The zero-order valence-corrected chi connectivity index (χ0v) is 8.84. The highest BCUT2D eigenvalue weighted by molar-refractivity contribution is 5.55. The van der Waals surface area contributed by atoms with Gasteiger partial charge >= 0.3 is 0 Å². The van der Waals surface area contributed by atoms with E-state index in [1.807, 2.05) is 6.07 Å². The maximum absolute atomic E-state index is 11.8. The number of nitrogens with one attached hydrogen (secondary N) is 1. The molecule has 2 rings (SSSR count). The molecule has 0 fully saturated rings. The maximum atomic E-state index is 11.8. The second-order valence-corrected chi connectivity index (χ2v) is 3.51. The Bertz CT molecular complexity index is 533. The van der Waals surface area contributed by atoms with Crippen molar-refractivity contribution in [3.05, 3.63) is 46.8 Å². The molecule has 0 aliphatic rings. The Labute approximate surface area is 92.4 Å². The molecule has 16 heavy (non-hydrogen) atoms. The van der Waals surface area contributed by atoms with Gasteiger partial charge in [0.25, 0.3) is 5.56 Å². The van der Waals surface area contributed by atoms with Crippen LogP contribution in [0.3, 0.4) is 0 Å². The van der Waals surface area contributed by atoms with Crippen molar-refractivity contribution in [2.24, 2.45) is 5.73 Å². The number of aromatic nitrogens is 3.